The van der Waals surface area contributed by atoms with Crippen LogP contribution in [0, 0.1) is 0 Å². The van der Waals surface area contributed by atoms with Crippen LogP contribution in [0.2, 0.25) is 0 Å². The molecule has 1 aromatic rings. The first-order valence-corrected chi connectivity index (χ1v) is 5.11. The summed E-state index contributed by atoms with van der Waals surface area (Å²) in [5, 5.41) is 2.61. The lowest BCUT2D eigenvalue weighted by Crippen LogP contribution is -2.17. The fourth-order valence-corrected chi connectivity index (χ4v) is 1.91. The molecule has 3 nitrogen and oxygen atoms in total. The lowest BCUT2D eigenvalue weighted by Gasteiger charge is -2.11. The van der Waals surface area contributed by atoms with Gasteiger partial charge in [0, 0.05) is 5.69 Å². The lowest BCUT2D eigenvalue weighted by atomic mass is 9.98. The highest BCUT2D eigenvalue weighted by molar-refractivity contribution is 6.02. The first kappa shape index (κ1) is 11.8. The number of nitrogens with one attached hydrogen (secondary N) is 1. The molecule has 1 aliphatic heterocycles. The molecule has 1 N–H and O–H groups in total. The summed E-state index contributed by atoms with van der Waals surface area (Å²) in [4.78, 5) is 11.5. The third-order valence-corrected chi connectivity index (χ3v) is 2.61. The molecule has 0 aliphatic carbocycles. The molecule has 1 amide bonds. The Hall–Kier alpha value is -1.72. The molecular formula is C11H10F3NO2. The zero-order valence-electron chi connectivity index (χ0n) is 8.97. The molecule has 0 fully saturated rings. The molecule has 0 saturated heterocycles. The molecule has 0 spiro atoms. The third-order valence-electron chi connectivity index (χ3n) is 2.61. The number of alkyl halides is 3. The maximum absolute atomic E-state index is 12.0. The van der Waals surface area contributed by atoms with Gasteiger partial charge in [-0.1, -0.05) is 6.92 Å². The Morgan fingerprint density at radius 1 is 1.41 bits per heavy atom. The smallest absolute Gasteiger partial charge is 0.406 e. The van der Waals surface area contributed by atoms with Gasteiger partial charge in [0.15, 0.2) is 0 Å². The van der Waals surface area contributed by atoms with Crippen LogP contribution in [0.4, 0.5) is 18.9 Å². The lowest BCUT2D eigenvalue weighted by molar-refractivity contribution is -0.274. The van der Waals surface area contributed by atoms with Crippen molar-refractivity contribution >= 4 is 11.6 Å². The summed E-state index contributed by atoms with van der Waals surface area (Å²) in [5.74, 6) is -0.889. The summed E-state index contributed by atoms with van der Waals surface area (Å²) < 4.78 is 39.9. The number of benzene rings is 1. The number of rotatable bonds is 2. The first-order valence-electron chi connectivity index (χ1n) is 5.11. The Morgan fingerprint density at radius 2 is 2.12 bits per heavy atom. The second-order valence-electron chi connectivity index (χ2n) is 3.75. The molecule has 6 heteroatoms. The second kappa shape index (κ2) is 3.94. The van der Waals surface area contributed by atoms with Crippen LogP contribution in [0.1, 0.15) is 24.8 Å². The normalized spacial score (nSPS) is 18.8. The number of carbonyl (C=O) groups excluding carboxylic acids is 1. The molecule has 1 aliphatic rings. The van der Waals surface area contributed by atoms with E-state index in [4.69, 9.17) is 0 Å². The van der Waals surface area contributed by atoms with Crippen molar-refractivity contribution in [3.8, 4) is 5.75 Å². The van der Waals surface area contributed by atoms with Gasteiger partial charge in [-0.25, -0.2) is 0 Å². The van der Waals surface area contributed by atoms with Gasteiger partial charge in [0.25, 0.3) is 0 Å². The number of fused-ring (bicyclic) bond motifs is 1. The van der Waals surface area contributed by atoms with Crippen LogP contribution in [0.3, 0.4) is 0 Å². The Kier molecular flexibility index (Phi) is 2.73. The summed E-state index contributed by atoms with van der Waals surface area (Å²) in [6, 6.07) is 3.86. The standard InChI is InChI=1S/C11H10F3NO2/c1-2-7-8-5-6(17-11(12,13)14)3-4-9(8)15-10(7)16/h3-5,7H,2H2,1H3,(H,15,16). The SMILES string of the molecule is CCC1C(=O)Nc2ccc(OC(F)(F)F)cc21. The number of ether oxygens (including phenoxy) is 1. The van der Waals surface area contributed by atoms with Crippen LogP contribution in [0.25, 0.3) is 0 Å². The van der Waals surface area contributed by atoms with Crippen LogP contribution in [-0.4, -0.2) is 12.3 Å². The van der Waals surface area contributed by atoms with Gasteiger partial charge in [-0.3, -0.25) is 4.79 Å². The monoisotopic (exact) mass is 245 g/mol. The van der Waals surface area contributed by atoms with Crippen LogP contribution in [-0.2, 0) is 4.79 Å². The van der Waals surface area contributed by atoms with Gasteiger partial charge in [0.1, 0.15) is 5.75 Å². The molecule has 0 bridgehead atoms. The van der Waals surface area contributed by atoms with Gasteiger partial charge >= 0.3 is 6.36 Å². The van der Waals surface area contributed by atoms with Gasteiger partial charge in [-0.05, 0) is 30.2 Å². The molecule has 17 heavy (non-hydrogen) atoms. The highest BCUT2D eigenvalue weighted by atomic mass is 19.4. The van der Waals surface area contributed by atoms with E-state index in [1.165, 1.54) is 18.2 Å². The van der Waals surface area contributed by atoms with Crippen LogP contribution >= 0.6 is 0 Å². The second-order valence-corrected chi connectivity index (χ2v) is 3.75. The van der Waals surface area contributed by atoms with E-state index in [-0.39, 0.29) is 11.7 Å². The number of amides is 1. The fraction of sp³-hybridized carbons (Fsp3) is 0.364. The Balaban J connectivity index is 2.32. The van der Waals surface area contributed by atoms with Crippen molar-refractivity contribution in [3.05, 3.63) is 23.8 Å². The molecule has 2 rings (SSSR count). The van der Waals surface area contributed by atoms with E-state index in [0.717, 1.165) is 0 Å². The van der Waals surface area contributed by atoms with Crippen molar-refractivity contribution in [2.45, 2.75) is 25.6 Å². The maximum Gasteiger partial charge on any atom is 0.573 e. The number of carbonyl (C=O) groups is 1. The third kappa shape index (κ3) is 2.35. The summed E-state index contributed by atoms with van der Waals surface area (Å²) in [5.41, 5.74) is 1.11. The summed E-state index contributed by atoms with van der Waals surface area (Å²) in [7, 11) is 0. The minimum Gasteiger partial charge on any atom is -0.406 e. The molecule has 0 aromatic heterocycles. The van der Waals surface area contributed by atoms with Gasteiger partial charge < -0.3 is 10.1 Å². The minimum absolute atomic E-state index is 0.188. The van der Waals surface area contributed by atoms with Crippen molar-refractivity contribution in [3.63, 3.8) is 0 Å². The number of hydrogen-bond donors (Lipinski definition) is 1. The zero-order valence-corrected chi connectivity index (χ0v) is 8.97. The fourth-order valence-electron chi connectivity index (χ4n) is 1.91. The van der Waals surface area contributed by atoms with Gasteiger partial charge in [0.05, 0.1) is 5.92 Å². The van der Waals surface area contributed by atoms with E-state index < -0.39 is 12.3 Å². The molecule has 1 heterocycles. The van der Waals surface area contributed by atoms with Crippen molar-refractivity contribution in [2.75, 3.05) is 5.32 Å². The Labute approximate surface area is 95.6 Å². The average Bonchev–Trinajstić information content (AvgIpc) is 2.50. The topological polar surface area (TPSA) is 38.3 Å². The van der Waals surface area contributed by atoms with Gasteiger partial charge in [-0.15, -0.1) is 13.2 Å². The maximum atomic E-state index is 12.0. The van der Waals surface area contributed by atoms with Crippen LogP contribution in [0.5, 0.6) is 5.75 Å². The van der Waals surface area contributed by atoms with Crippen molar-refractivity contribution in [2.24, 2.45) is 0 Å². The van der Waals surface area contributed by atoms with E-state index in [9.17, 15) is 18.0 Å². The Morgan fingerprint density at radius 3 is 2.71 bits per heavy atom. The van der Waals surface area contributed by atoms with E-state index in [2.05, 4.69) is 10.1 Å². The largest absolute Gasteiger partial charge is 0.573 e. The zero-order chi connectivity index (χ0) is 12.6. The van der Waals surface area contributed by atoms with Crippen LogP contribution < -0.4 is 10.1 Å². The highest BCUT2D eigenvalue weighted by Gasteiger charge is 2.33. The van der Waals surface area contributed by atoms with Gasteiger partial charge in [0.2, 0.25) is 5.91 Å². The first-order chi connectivity index (χ1) is 7.90. The Bertz CT molecular complexity index is 457. The molecular weight excluding hydrogens is 235 g/mol. The predicted octanol–water partition coefficient (Wildman–Crippen LogP) is 3.03. The molecule has 0 radical (unpaired) electrons. The molecule has 92 valence electrons. The van der Waals surface area contributed by atoms with E-state index >= 15 is 0 Å². The minimum atomic E-state index is -4.72. The number of hydrogen-bond acceptors (Lipinski definition) is 2. The molecule has 1 aromatic carbocycles. The van der Waals surface area contributed by atoms with Crippen molar-refractivity contribution < 1.29 is 22.7 Å². The summed E-state index contributed by atoms with van der Waals surface area (Å²) in [6.07, 6.45) is -4.18. The highest BCUT2D eigenvalue weighted by Crippen LogP contribution is 2.37. The van der Waals surface area contributed by atoms with Crippen LogP contribution in [0.15, 0.2) is 18.2 Å². The van der Waals surface area contributed by atoms with E-state index in [1.54, 1.807) is 6.92 Å². The summed E-state index contributed by atoms with van der Waals surface area (Å²) in [6.45, 7) is 1.80. The molecule has 0 saturated carbocycles. The van der Waals surface area contributed by atoms with E-state index in [1.807, 2.05) is 0 Å². The van der Waals surface area contributed by atoms with Crippen molar-refractivity contribution in [1.82, 2.24) is 0 Å². The molecule has 1 atom stereocenters. The quantitative estimate of drug-likeness (QED) is 0.869. The summed E-state index contributed by atoms with van der Waals surface area (Å²) >= 11 is 0. The number of anilines is 1. The van der Waals surface area contributed by atoms with E-state index in [0.29, 0.717) is 17.7 Å². The number of halogens is 3. The molecule has 1 unspecified atom stereocenters. The average molecular weight is 245 g/mol. The predicted molar refractivity (Wildman–Crippen MR) is 54.8 cm³/mol. The van der Waals surface area contributed by atoms with Crippen molar-refractivity contribution in [1.29, 1.82) is 0 Å². The van der Waals surface area contributed by atoms with Gasteiger partial charge in [-0.2, -0.15) is 0 Å².